The van der Waals surface area contributed by atoms with Crippen molar-refractivity contribution in [3.63, 3.8) is 0 Å². The van der Waals surface area contributed by atoms with Crippen molar-refractivity contribution >= 4 is 61.3 Å². The van der Waals surface area contributed by atoms with Crippen LogP contribution in [0.1, 0.15) is 11.1 Å². The molecule has 1 amide bonds. The van der Waals surface area contributed by atoms with E-state index in [9.17, 15) is 13.2 Å². The molecule has 0 aromatic heterocycles. The first-order chi connectivity index (χ1) is 15.3. The van der Waals surface area contributed by atoms with Crippen LogP contribution in [0.4, 0.5) is 0 Å². The Morgan fingerprint density at radius 1 is 1.00 bits per heavy atom. The summed E-state index contributed by atoms with van der Waals surface area (Å²) in [6, 6.07) is 19.9. The molecule has 0 atom stereocenters. The van der Waals surface area contributed by atoms with Gasteiger partial charge in [0, 0.05) is 26.6 Å². The number of amides is 1. The number of hydrogen-bond donors (Lipinski definition) is 1. The van der Waals surface area contributed by atoms with Crippen molar-refractivity contribution in [2.45, 2.75) is 11.4 Å². The second-order valence-electron chi connectivity index (χ2n) is 6.63. The van der Waals surface area contributed by atoms with Gasteiger partial charge in [0.1, 0.15) is 0 Å². The molecule has 166 valence electrons. The number of benzene rings is 3. The standard InChI is InChI=1S/C22H18BrCl2N3O3S/c23-20-7-3-1-5-16(20)13-26-27-22(29)15-28(14-17-6-2-4-8-21(17)25)32(30,31)19-11-9-18(24)10-12-19/h1-13H,14-15H2,(H,27,29)/b26-13-. The Hall–Kier alpha value is -2.23. The summed E-state index contributed by atoms with van der Waals surface area (Å²) in [4.78, 5) is 12.6. The Morgan fingerprint density at radius 2 is 1.66 bits per heavy atom. The van der Waals surface area contributed by atoms with Crippen molar-refractivity contribution in [2.75, 3.05) is 6.54 Å². The quantitative estimate of drug-likeness (QED) is 0.311. The van der Waals surface area contributed by atoms with Crippen molar-refractivity contribution < 1.29 is 13.2 Å². The van der Waals surface area contributed by atoms with Crippen LogP contribution in [0.25, 0.3) is 0 Å². The third-order valence-corrected chi connectivity index (χ3v) is 7.52. The Bertz CT molecular complexity index is 1240. The van der Waals surface area contributed by atoms with E-state index in [0.29, 0.717) is 15.6 Å². The number of hydrazone groups is 1. The highest BCUT2D eigenvalue weighted by atomic mass is 79.9. The van der Waals surface area contributed by atoms with Gasteiger partial charge in [-0.1, -0.05) is 75.5 Å². The zero-order valence-corrected chi connectivity index (χ0v) is 20.5. The van der Waals surface area contributed by atoms with E-state index < -0.39 is 22.5 Å². The highest BCUT2D eigenvalue weighted by Crippen LogP contribution is 2.23. The van der Waals surface area contributed by atoms with Gasteiger partial charge in [-0.05, 0) is 42.0 Å². The van der Waals surface area contributed by atoms with Crippen LogP contribution in [0.5, 0.6) is 0 Å². The first-order valence-electron chi connectivity index (χ1n) is 9.33. The lowest BCUT2D eigenvalue weighted by molar-refractivity contribution is -0.121. The molecule has 0 saturated heterocycles. The summed E-state index contributed by atoms with van der Waals surface area (Å²) in [5, 5.41) is 4.73. The minimum Gasteiger partial charge on any atom is -0.272 e. The third kappa shape index (κ3) is 6.40. The Labute approximate surface area is 205 Å². The van der Waals surface area contributed by atoms with E-state index in [0.717, 1.165) is 14.3 Å². The van der Waals surface area contributed by atoms with Gasteiger partial charge in [0.15, 0.2) is 0 Å². The summed E-state index contributed by atoms with van der Waals surface area (Å²) < 4.78 is 28.4. The monoisotopic (exact) mass is 553 g/mol. The predicted molar refractivity (Wildman–Crippen MR) is 130 cm³/mol. The van der Waals surface area contributed by atoms with Gasteiger partial charge in [-0.3, -0.25) is 4.79 Å². The van der Waals surface area contributed by atoms with E-state index in [-0.39, 0.29) is 11.4 Å². The van der Waals surface area contributed by atoms with Gasteiger partial charge < -0.3 is 0 Å². The molecule has 0 aliphatic heterocycles. The van der Waals surface area contributed by atoms with Gasteiger partial charge in [-0.25, -0.2) is 13.8 Å². The maximum Gasteiger partial charge on any atom is 0.255 e. The van der Waals surface area contributed by atoms with Gasteiger partial charge in [0.25, 0.3) is 5.91 Å². The maximum atomic E-state index is 13.2. The molecule has 0 radical (unpaired) electrons. The minimum absolute atomic E-state index is 0.0125. The molecule has 1 N–H and O–H groups in total. The fourth-order valence-corrected chi connectivity index (χ4v) is 4.83. The van der Waals surface area contributed by atoms with Crippen LogP contribution < -0.4 is 5.43 Å². The van der Waals surface area contributed by atoms with Gasteiger partial charge in [0.2, 0.25) is 10.0 Å². The van der Waals surface area contributed by atoms with E-state index in [1.54, 1.807) is 24.3 Å². The molecule has 3 aromatic carbocycles. The molecular weight excluding hydrogens is 537 g/mol. The van der Waals surface area contributed by atoms with E-state index in [1.165, 1.54) is 30.5 Å². The molecule has 0 spiro atoms. The molecule has 0 unspecified atom stereocenters. The summed E-state index contributed by atoms with van der Waals surface area (Å²) in [5.41, 5.74) is 3.70. The molecular formula is C22H18BrCl2N3O3S. The normalized spacial score (nSPS) is 11.8. The van der Waals surface area contributed by atoms with Gasteiger partial charge in [-0.2, -0.15) is 9.41 Å². The molecule has 32 heavy (non-hydrogen) atoms. The second-order valence-corrected chi connectivity index (χ2v) is 10.3. The van der Waals surface area contributed by atoms with Gasteiger partial charge >= 0.3 is 0 Å². The van der Waals surface area contributed by atoms with Crippen molar-refractivity contribution in [3.8, 4) is 0 Å². The number of nitrogens with one attached hydrogen (secondary N) is 1. The predicted octanol–water partition coefficient (Wildman–Crippen LogP) is 5.10. The lowest BCUT2D eigenvalue weighted by Gasteiger charge is -2.22. The van der Waals surface area contributed by atoms with E-state index in [1.807, 2.05) is 24.3 Å². The molecule has 0 aliphatic carbocycles. The van der Waals surface area contributed by atoms with Crippen molar-refractivity contribution in [3.05, 3.63) is 98.4 Å². The van der Waals surface area contributed by atoms with Crippen LogP contribution >= 0.6 is 39.1 Å². The molecule has 0 saturated carbocycles. The van der Waals surface area contributed by atoms with Gasteiger partial charge in [-0.15, -0.1) is 0 Å². The molecule has 3 rings (SSSR count). The Balaban J connectivity index is 1.82. The van der Waals surface area contributed by atoms with Crippen LogP contribution in [0.3, 0.4) is 0 Å². The van der Waals surface area contributed by atoms with Crippen LogP contribution in [0, 0.1) is 0 Å². The average molecular weight is 555 g/mol. The van der Waals surface area contributed by atoms with Crippen LogP contribution in [0.2, 0.25) is 10.0 Å². The first kappa shape index (κ1) is 24.4. The number of sulfonamides is 1. The third-order valence-electron chi connectivity index (χ3n) is 4.37. The lowest BCUT2D eigenvalue weighted by atomic mass is 10.2. The van der Waals surface area contributed by atoms with Crippen molar-refractivity contribution in [1.29, 1.82) is 0 Å². The largest absolute Gasteiger partial charge is 0.272 e. The molecule has 0 aliphatic rings. The Morgan fingerprint density at radius 3 is 2.34 bits per heavy atom. The summed E-state index contributed by atoms with van der Waals surface area (Å²) >= 11 is 15.5. The molecule has 0 bridgehead atoms. The zero-order valence-electron chi connectivity index (χ0n) is 16.6. The van der Waals surface area contributed by atoms with Crippen LogP contribution in [-0.4, -0.2) is 31.4 Å². The SMILES string of the molecule is O=C(CN(Cc1ccccc1Cl)S(=O)(=O)c1ccc(Cl)cc1)N/N=C\c1ccccc1Br. The summed E-state index contributed by atoms with van der Waals surface area (Å²) in [6.45, 7) is -0.546. The summed E-state index contributed by atoms with van der Waals surface area (Å²) in [7, 11) is -4.02. The van der Waals surface area contributed by atoms with E-state index in [4.69, 9.17) is 23.2 Å². The van der Waals surface area contributed by atoms with Crippen LogP contribution in [-0.2, 0) is 21.4 Å². The highest BCUT2D eigenvalue weighted by Gasteiger charge is 2.27. The van der Waals surface area contributed by atoms with Crippen LogP contribution in [0.15, 0.2) is 87.3 Å². The molecule has 0 fully saturated rings. The molecule has 6 nitrogen and oxygen atoms in total. The van der Waals surface area contributed by atoms with E-state index >= 15 is 0 Å². The molecule has 10 heteroatoms. The first-order valence-corrected chi connectivity index (χ1v) is 12.3. The second kappa shape index (κ2) is 11.1. The summed E-state index contributed by atoms with van der Waals surface area (Å²) in [5.74, 6) is -0.599. The number of hydrogen-bond acceptors (Lipinski definition) is 4. The Kier molecular flexibility index (Phi) is 8.44. The average Bonchev–Trinajstić information content (AvgIpc) is 2.76. The van der Waals surface area contributed by atoms with Gasteiger partial charge in [0.05, 0.1) is 17.7 Å². The zero-order chi connectivity index (χ0) is 23.1. The lowest BCUT2D eigenvalue weighted by Crippen LogP contribution is -2.39. The van der Waals surface area contributed by atoms with Crippen molar-refractivity contribution in [1.82, 2.24) is 9.73 Å². The number of rotatable bonds is 8. The fraction of sp³-hybridized carbons (Fsp3) is 0.0909. The van der Waals surface area contributed by atoms with Crippen molar-refractivity contribution in [2.24, 2.45) is 5.10 Å². The maximum absolute atomic E-state index is 13.2. The van der Waals surface area contributed by atoms with E-state index in [2.05, 4.69) is 26.5 Å². The number of nitrogens with zero attached hydrogens (tertiary/aromatic N) is 2. The smallest absolute Gasteiger partial charge is 0.255 e. The molecule has 3 aromatic rings. The topological polar surface area (TPSA) is 78.8 Å². The fourth-order valence-electron chi connectivity index (χ4n) is 2.75. The highest BCUT2D eigenvalue weighted by molar-refractivity contribution is 9.10. The number of carbonyl (C=O) groups is 1. The number of halogens is 3. The number of carbonyl (C=O) groups excluding carboxylic acids is 1. The minimum atomic E-state index is -4.02. The molecule has 0 heterocycles. The summed E-state index contributed by atoms with van der Waals surface area (Å²) in [6.07, 6.45) is 1.47.